The Morgan fingerprint density at radius 3 is 2.51 bits per heavy atom. The van der Waals surface area contributed by atoms with Gasteiger partial charge in [-0.25, -0.2) is 0 Å². The van der Waals surface area contributed by atoms with E-state index in [1.807, 2.05) is 18.2 Å². The van der Waals surface area contributed by atoms with Crippen LogP contribution in [0.25, 0.3) is 0 Å². The number of hydrogen-bond acceptors (Lipinski definition) is 6. The van der Waals surface area contributed by atoms with Crippen LogP contribution >= 0.6 is 11.8 Å². The molecule has 0 unspecified atom stereocenters. The highest BCUT2D eigenvalue weighted by Gasteiger charge is 2.32. The third-order valence-corrected chi connectivity index (χ3v) is 8.13. The van der Waals surface area contributed by atoms with Gasteiger partial charge in [0.1, 0.15) is 5.75 Å². The number of anilines is 1. The lowest BCUT2D eigenvalue weighted by molar-refractivity contribution is 0.102. The van der Waals surface area contributed by atoms with Crippen LogP contribution < -0.4 is 9.64 Å². The number of Topliss-reactive ketones (excluding diaryl/α,β-unsaturated/α-hetero) is 1. The Hall–Kier alpha value is -2.74. The van der Waals surface area contributed by atoms with Crippen LogP contribution in [0.5, 0.6) is 5.75 Å². The molecule has 0 bridgehead atoms. The lowest BCUT2D eigenvalue weighted by atomic mass is 10.1. The minimum Gasteiger partial charge on any atom is -0.497 e. The van der Waals surface area contributed by atoms with Gasteiger partial charge in [-0.15, -0.1) is 10.2 Å². The van der Waals surface area contributed by atoms with Crippen molar-refractivity contribution in [3.05, 3.63) is 52.8 Å². The van der Waals surface area contributed by atoms with E-state index in [1.54, 1.807) is 7.11 Å². The Morgan fingerprint density at radius 1 is 1.09 bits per heavy atom. The number of thioether (sulfide) groups is 1. The van der Waals surface area contributed by atoms with Gasteiger partial charge in [0.15, 0.2) is 10.9 Å². The quantitative estimate of drug-likeness (QED) is 0.284. The predicted octanol–water partition coefficient (Wildman–Crippen LogP) is 5.25. The van der Waals surface area contributed by atoms with E-state index in [-0.39, 0.29) is 5.78 Å². The molecular formula is C27H35N5O2S. The second kappa shape index (κ2) is 10.5. The zero-order valence-electron chi connectivity index (χ0n) is 21.0. The van der Waals surface area contributed by atoms with E-state index < -0.39 is 0 Å². The summed E-state index contributed by atoms with van der Waals surface area (Å²) in [5, 5.41) is 9.94. The van der Waals surface area contributed by atoms with Crippen LogP contribution in [0.2, 0.25) is 0 Å². The maximum absolute atomic E-state index is 13.2. The number of ketones is 1. The van der Waals surface area contributed by atoms with Crippen LogP contribution in [0.15, 0.2) is 35.5 Å². The monoisotopic (exact) mass is 493 g/mol. The van der Waals surface area contributed by atoms with Crippen molar-refractivity contribution in [2.24, 2.45) is 0 Å². The second-order valence-electron chi connectivity index (χ2n) is 9.68. The van der Waals surface area contributed by atoms with Crippen molar-refractivity contribution >= 4 is 23.5 Å². The van der Waals surface area contributed by atoms with E-state index in [9.17, 15) is 4.79 Å². The Balaban J connectivity index is 1.24. The Bertz CT molecular complexity index is 1170. The third kappa shape index (κ3) is 5.27. The van der Waals surface area contributed by atoms with Crippen LogP contribution in [0.3, 0.4) is 0 Å². The van der Waals surface area contributed by atoms with E-state index in [0.29, 0.717) is 11.8 Å². The number of piperidine rings is 1. The summed E-state index contributed by atoms with van der Waals surface area (Å²) < 4.78 is 9.80. The number of hydrogen-bond donors (Lipinski definition) is 0. The van der Waals surface area contributed by atoms with E-state index in [2.05, 4.69) is 50.2 Å². The predicted molar refractivity (Wildman–Crippen MR) is 140 cm³/mol. The molecule has 0 N–H and O–H groups in total. The van der Waals surface area contributed by atoms with Gasteiger partial charge in [0.25, 0.3) is 0 Å². The number of nitrogens with zero attached hydrogens (tertiary/aromatic N) is 5. The maximum atomic E-state index is 13.2. The van der Waals surface area contributed by atoms with E-state index in [0.717, 1.165) is 59.9 Å². The normalized spacial score (nSPS) is 16.0. The number of ether oxygens (including phenoxy) is 1. The summed E-state index contributed by atoms with van der Waals surface area (Å²) in [6, 6.07) is 10.7. The van der Waals surface area contributed by atoms with Crippen molar-refractivity contribution in [3.63, 3.8) is 0 Å². The van der Waals surface area contributed by atoms with E-state index >= 15 is 0 Å². The molecule has 186 valence electrons. The maximum Gasteiger partial charge on any atom is 0.228 e. The molecule has 8 heteroatoms. The van der Waals surface area contributed by atoms with Gasteiger partial charge in [-0.3, -0.25) is 9.36 Å². The summed E-state index contributed by atoms with van der Waals surface area (Å²) in [5.41, 5.74) is 4.24. The van der Waals surface area contributed by atoms with Crippen LogP contribution in [0.1, 0.15) is 65.5 Å². The van der Waals surface area contributed by atoms with Crippen molar-refractivity contribution < 1.29 is 9.53 Å². The summed E-state index contributed by atoms with van der Waals surface area (Å²) in [6.07, 6.45) is 6.99. The first-order valence-corrected chi connectivity index (χ1v) is 13.7. The van der Waals surface area contributed by atoms with Gasteiger partial charge in [-0.2, -0.15) is 0 Å². The molecule has 35 heavy (non-hydrogen) atoms. The van der Waals surface area contributed by atoms with Gasteiger partial charge in [0.05, 0.1) is 12.9 Å². The highest BCUT2D eigenvalue weighted by Crippen LogP contribution is 2.41. The summed E-state index contributed by atoms with van der Waals surface area (Å²) in [4.78, 5) is 15.6. The molecular weight excluding hydrogens is 458 g/mol. The Morgan fingerprint density at radius 2 is 1.83 bits per heavy atom. The highest BCUT2D eigenvalue weighted by atomic mass is 32.2. The lowest BCUT2D eigenvalue weighted by Gasteiger charge is -2.27. The van der Waals surface area contributed by atoms with Crippen molar-refractivity contribution in [1.29, 1.82) is 0 Å². The number of carbonyl (C=O) groups is 1. The SMILES string of the molecule is COc1ccc(CCn2c(C)cc(C(=O)CSc3nnc(N4CCCCC4)n3C3CC3)c2C)cc1. The van der Waals surface area contributed by atoms with Gasteiger partial charge in [0, 0.05) is 42.6 Å². The Labute approximate surface area is 211 Å². The summed E-state index contributed by atoms with van der Waals surface area (Å²) in [7, 11) is 1.68. The van der Waals surface area contributed by atoms with Gasteiger partial charge in [-0.05, 0) is 76.1 Å². The molecule has 2 fully saturated rings. The third-order valence-electron chi connectivity index (χ3n) is 7.19. The number of aryl methyl sites for hydroxylation is 2. The summed E-state index contributed by atoms with van der Waals surface area (Å²) >= 11 is 1.53. The van der Waals surface area contributed by atoms with Crippen molar-refractivity contribution in [3.8, 4) is 5.75 Å². The molecule has 3 aromatic rings. The number of benzene rings is 1. The molecule has 1 saturated heterocycles. The molecule has 5 rings (SSSR count). The van der Waals surface area contributed by atoms with Crippen molar-refractivity contribution in [2.45, 2.75) is 70.1 Å². The molecule has 1 aromatic carbocycles. The fourth-order valence-electron chi connectivity index (χ4n) is 5.00. The molecule has 0 atom stereocenters. The second-order valence-corrected chi connectivity index (χ2v) is 10.6. The fraction of sp³-hybridized carbons (Fsp3) is 0.519. The summed E-state index contributed by atoms with van der Waals surface area (Å²) in [5.74, 6) is 2.41. The minimum atomic E-state index is 0.156. The first kappa shape index (κ1) is 24.0. The topological polar surface area (TPSA) is 65.2 Å². The average Bonchev–Trinajstić information content (AvgIpc) is 3.57. The minimum absolute atomic E-state index is 0.156. The van der Waals surface area contributed by atoms with Crippen LogP contribution in [-0.4, -0.2) is 51.1 Å². The first-order chi connectivity index (χ1) is 17.0. The van der Waals surface area contributed by atoms with Crippen molar-refractivity contribution in [1.82, 2.24) is 19.3 Å². The Kier molecular flexibility index (Phi) is 7.18. The highest BCUT2D eigenvalue weighted by molar-refractivity contribution is 7.99. The van der Waals surface area contributed by atoms with E-state index in [4.69, 9.17) is 4.74 Å². The van der Waals surface area contributed by atoms with Gasteiger partial charge >= 0.3 is 0 Å². The molecule has 1 aliphatic heterocycles. The van der Waals surface area contributed by atoms with Crippen molar-refractivity contribution in [2.75, 3.05) is 30.9 Å². The molecule has 0 spiro atoms. The molecule has 0 amide bonds. The first-order valence-electron chi connectivity index (χ1n) is 12.7. The van der Waals surface area contributed by atoms with Gasteiger partial charge in [-0.1, -0.05) is 23.9 Å². The zero-order valence-corrected chi connectivity index (χ0v) is 21.8. The zero-order chi connectivity index (χ0) is 24.4. The molecule has 2 aromatic heterocycles. The number of rotatable bonds is 10. The molecule has 2 aliphatic rings. The van der Waals surface area contributed by atoms with Crippen LogP contribution in [-0.2, 0) is 13.0 Å². The van der Waals surface area contributed by atoms with E-state index in [1.165, 1.54) is 49.4 Å². The van der Waals surface area contributed by atoms with Gasteiger partial charge < -0.3 is 14.2 Å². The number of aromatic nitrogens is 4. The molecule has 0 radical (unpaired) electrons. The number of methoxy groups -OCH3 is 1. The van der Waals surface area contributed by atoms with Crippen LogP contribution in [0, 0.1) is 13.8 Å². The van der Waals surface area contributed by atoms with Gasteiger partial charge in [0.2, 0.25) is 5.95 Å². The molecule has 1 saturated carbocycles. The fourth-order valence-corrected chi connectivity index (χ4v) is 5.88. The average molecular weight is 494 g/mol. The molecule has 7 nitrogen and oxygen atoms in total. The standard InChI is InChI=1S/C27H35N5O2S/c1-19-17-24(20(2)31(19)16-13-21-7-11-23(34-3)12-8-21)25(33)18-35-27-29-28-26(32(27)22-9-10-22)30-14-5-4-6-15-30/h7-8,11-12,17,22H,4-6,9-10,13-16,18H2,1-3H3. The largest absolute Gasteiger partial charge is 0.497 e. The smallest absolute Gasteiger partial charge is 0.228 e. The molecule has 3 heterocycles. The lowest BCUT2D eigenvalue weighted by Crippen LogP contribution is -2.31. The van der Waals surface area contributed by atoms with Crippen LogP contribution in [0.4, 0.5) is 5.95 Å². The summed E-state index contributed by atoms with van der Waals surface area (Å²) in [6.45, 7) is 7.09. The number of carbonyl (C=O) groups excluding carboxylic acids is 1. The molecule has 1 aliphatic carbocycles.